The van der Waals surface area contributed by atoms with E-state index < -0.39 is 9.84 Å². The predicted molar refractivity (Wildman–Crippen MR) is 71.0 cm³/mol. The van der Waals surface area contributed by atoms with Gasteiger partial charge in [0, 0.05) is 0 Å². The number of halogens is 1. The highest BCUT2D eigenvalue weighted by Gasteiger charge is 2.28. The lowest BCUT2D eigenvalue weighted by molar-refractivity contribution is 0.483. The van der Waals surface area contributed by atoms with Crippen molar-refractivity contribution in [3.63, 3.8) is 0 Å². The van der Waals surface area contributed by atoms with Gasteiger partial charge in [-0.2, -0.15) is 0 Å². The molecule has 0 bridgehead atoms. The molecule has 1 atom stereocenters. The van der Waals surface area contributed by atoms with Crippen molar-refractivity contribution in [3.8, 4) is 0 Å². The van der Waals surface area contributed by atoms with E-state index in [1.807, 2.05) is 0 Å². The fraction of sp³-hybridized carbons (Fsp3) is 0.417. The molecule has 1 aliphatic heterocycles. The summed E-state index contributed by atoms with van der Waals surface area (Å²) in [7, 11) is -3.05. The average molecular weight is 283 g/mol. The molecule has 0 amide bonds. The van der Waals surface area contributed by atoms with E-state index in [1.54, 1.807) is 10.6 Å². The van der Waals surface area contributed by atoms with Crippen LogP contribution in [0.5, 0.6) is 0 Å². The van der Waals surface area contributed by atoms with Crippen molar-refractivity contribution in [1.82, 2.24) is 9.55 Å². The highest BCUT2D eigenvalue weighted by Crippen LogP contribution is 2.30. The van der Waals surface area contributed by atoms with Crippen molar-refractivity contribution in [2.75, 3.05) is 17.2 Å². The Morgan fingerprint density at radius 1 is 1.42 bits per heavy atom. The minimum absolute atomic E-state index is 0.0408. The average Bonchev–Trinajstić information content (AvgIpc) is 2.63. The number of nitrogens with zero attached hydrogens (tertiary/aromatic N) is 2. The quantitative estimate of drug-likeness (QED) is 0.860. The van der Waals surface area contributed by atoms with Gasteiger partial charge >= 0.3 is 0 Å². The Kier molecular flexibility index (Phi) is 2.74. The summed E-state index contributed by atoms with van der Waals surface area (Å²) in [5, 5.41) is 0. The number of fused-ring (bicyclic) bond motifs is 1. The summed E-state index contributed by atoms with van der Waals surface area (Å²) in [6.45, 7) is 0. The van der Waals surface area contributed by atoms with Crippen LogP contribution in [0.4, 0.5) is 10.3 Å². The third kappa shape index (κ3) is 2.18. The molecule has 19 heavy (non-hydrogen) atoms. The number of hydrogen-bond acceptors (Lipinski definition) is 4. The number of anilines is 1. The van der Waals surface area contributed by atoms with E-state index in [9.17, 15) is 12.8 Å². The summed E-state index contributed by atoms with van der Waals surface area (Å²) >= 11 is 0. The van der Waals surface area contributed by atoms with E-state index in [1.165, 1.54) is 12.1 Å². The zero-order chi connectivity index (χ0) is 13.6. The van der Waals surface area contributed by atoms with Gasteiger partial charge in [0.1, 0.15) is 5.82 Å². The smallest absolute Gasteiger partial charge is 0.201 e. The van der Waals surface area contributed by atoms with Crippen molar-refractivity contribution in [2.45, 2.75) is 18.9 Å². The first-order chi connectivity index (χ1) is 8.96. The van der Waals surface area contributed by atoms with Crippen molar-refractivity contribution >= 4 is 26.8 Å². The maximum Gasteiger partial charge on any atom is 0.201 e. The molecule has 2 heterocycles. The molecule has 7 heteroatoms. The Balaban J connectivity index is 2.14. The SMILES string of the molecule is Nc1nc2ccc(F)cc2n1C1CCCS(=O)(=O)C1. The number of nitrogens with two attached hydrogens (primary N) is 1. The molecule has 102 valence electrons. The Hall–Kier alpha value is -1.63. The summed E-state index contributed by atoms with van der Waals surface area (Å²) in [6, 6.07) is 3.96. The number of benzene rings is 1. The normalized spacial score (nSPS) is 22.7. The van der Waals surface area contributed by atoms with Crippen molar-refractivity contribution in [1.29, 1.82) is 0 Å². The van der Waals surface area contributed by atoms with E-state index in [0.29, 0.717) is 23.9 Å². The molecule has 1 saturated heterocycles. The number of hydrogen-bond donors (Lipinski definition) is 1. The van der Waals surface area contributed by atoms with E-state index in [4.69, 9.17) is 5.73 Å². The molecule has 1 aliphatic rings. The molecule has 1 fully saturated rings. The molecule has 0 spiro atoms. The van der Waals surface area contributed by atoms with E-state index in [0.717, 1.165) is 0 Å². The van der Waals surface area contributed by atoms with E-state index >= 15 is 0 Å². The van der Waals surface area contributed by atoms with E-state index in [-0.39, 0.29) is 29.3 Å². The van der Waals surface area contributed by atoms with Crippen LogP contribution in [0, 0.1) is 5.82 Å². The van der Waals surface area contributed by atoms with Gasteiger partial charge in [-0.1, -0.05) is 0 Å². The number of imidazole rings is 1. The molecule has 1 unspecified atom stereocenters. The molecule has 0 saturated carbocycles. The Labute approximate surface area is 110 Å². The van der Waals surface area contributed by atoms with Gasteiger partial charge in [0.2, 0.25) is 5.95 Å². The summed E-state index contributed by atoms with van der Waals surface area (Å²) in [6.07, 6.45) is 1.31. The van der Waals surface area contributed by atoms with Crippen LogP contribution in [0.1, 0.15) is 18.9 Å². The van der Waals surface area contributed by atoms with Crippen LogP contribution in [-0.2, 0) is 9.84 Å². The predicted octanol–water partition coefficient (Wildman–Crippen LogP) is 1.51. The van der Waals surface area contributed by atoms with E-state index in [2.05, 4.69) is 4.98 Å². The first-order valence-corrected chi connectivity index (χ1v) is 7.92. The molecule has 5 nitrogen and oxygen atoms in total. The largest absolute Gasteiger partial charge is 0.369 e. The van der Waals surface area contributed by atoms with Crippen LogP contribution in [-0.4, -0.2) is 29.5 Å². The van der Waals surface area contributed by atoms with Crippen LogP contribution in [0.2, 0.25) is 0 Å². The molecular weight excluding hydrogens is 269 g/mol. The lowest BCUT2D eigenvalue weighted by Gasteiger charge is -2.24. The van der Waals surface area contributed by atoms with Gasteiger partial charge in [-0.05, 0) is 31.0 Å². The lowest BCUT2D eigenvalue weighted by atomic mass is 10.1. The van der Waals surface area contributed by atoms with Gasteiger partial charge in [-0.15, -0.1) is 0 Å². The van der Waals surface area contributed by atoms with Crippen LogP contribution in [0.3, 0.4) is 0 Å². The molecule has 2 aromatic rings. The second kappa shape index (κ2) is 4.19. The number of aromatic nitrogens is 2. The molecule has 0 aliphatic carbocycles. The summed E-state index contributed by atoms with van der Waals surface area (Å²) in [4.78, 5) is 4.16. The maximum absolute atomic E-state index is 13.3. The van der Waals surface area contributed by atoms with Crippen LogP contribution in [0.15, 0.2) is 18.2 Å². The number of rotatable bonds is 1. The maximum atomic E-state index is 13.3. The topological polar surface area (TPSA) is 78.0 Å². The third-order valence-corrected chi connectivity index (χ3v) is 5.29. The Morgan fingerprint density at radius 3 is 2.95 bits per heavy atom. The lowest BCUT2D eigenvalue weighted by Crippen LogP contribution is -2.28. The number of nitrogen functional groups attached to an aromatic ring is 1. The zero-order valence-corrected chi connectivity index (χ0v) is 11.0. The van der Waals surface area contributed by atoms with Gasteiger partial charge in [-0.25, -0.2) is 17.8 Å². The summed E-state index contributed by atoms with van der Waals surface area (Å²) in [5.41, 5.74) is 7.00. The minimum Gasteiger partial charge on any atom is -0.369 e. The summed E-state index contributed by atoms with van der Waals surface area (Å²) in [5.74, 6) is 0.110. The van der Waals surface area contributed by atoms with Crippen molar-refractivity contribution < 1.29 is 12.8 Å². The number of sulfone groups is 1. The minimum atomic E-state index is -3.05. The highest BCUT2D eigenvalue weighted by atomic mass is 32.2. The molecule has 0 radical (unpaired) electrons. The van der Waals surface area contributed by atoms with Gasteiger partial charge in [0.15, 0.2) is 9.84 Å². The third-order valence-electron chi connectivity index (χ3n) is 3.48. The van der Waals surface area contributed by atoms with Gasteiger partial charge in [0.25, 0.3) is 0 Å². The van der Waals surface area contributed by atoms with Crippen LogP contribution >= 0.6 is 0 Å². The fourth-order valence-electron chi connectivity index (χ4n) is 2.67. The zero-order valence-electron chi connectivity index (χ0n) is 10.2. The fourth-order valence-corrected chi connectivity index (χ4v) is 4.35. The summed E-state index contributed by atoms with van der Waals surface area (Å²) < 4.78 is 38.4. The molecule has 1 aromatic heterocycles. The monoisotopic (exact) mass is 283 g/mol. The molecular formula is C12H14FN3O2S. The molecule has 2 N–H and O–H groups in total. The Morgan fingerprint density at radius 2 is 2.21 bits per heavy atom. The molecule has 3 rings (SSSR count). The molecule has 1 aromatic carbocycles. The van der Waals surface area contributed by atoms with Crippen molar-refractivity contribution in [2.24, 2.45) is 0 Å². The first-order valence-electron chi connectivity index (χ1n) is 6.10. The Bertz CT molecular complexity index is 739. The second-order valence-corrected chi connectivity index (χ2v) is 7.11. The van der Waals surface area contributed by atoms with Crippen molar-refractivity contribution in [3.05, 3.63) is 24.0 Å². The standard InChI is InChI=1S/C12H14FN3O2S/c13-8-3-4-10-11(6-8)16(12(14)15-10)9-2-1-5-19(17,18)7-9/h3-4,6,9H,1-2,5,7H2,(H2,14,15). The van der Waals surface area contributed by atoms with Gasteiger partial charge in [-0.3, -0.25) is 0 Å². The van der Waals surface area contributed by atoms with Gasteiger partial charge < -0.3 is 10.3 Å². The highest BCUT2D eigenvalue weighted by molar-refractivity contribution is 7.91. The van der Waals surface area contributed by atoms with Gasteiger partial charge in [0.05, 0.1) is 28.6 Å². The second-order valence-electron chi connectivity index (χ2n) is 4.88. The van der Waals surface area contributed by atoms with Crippen LogP contribution < -0.4 is 5.73 Å². The van der Waals surface area contributed by atoms with Crippen LogP contribution in [0.25, 0.3) is 11.0 Å². The first kappa shape index (κ1) is 12.4.